The molecule has 0 spiro atoms. The quantitative estimate of drug-likeness (QED) is 0.641. The number of benzene rings is 1. The number of carbonyl (C=O) groups excluding carboxylic acids is 1. The minimum absolute atomic E-state index is 0.0632. The lowest BCUT2D eigenvalue weighted by molar-refractivity contribution is 0.102. The lowest BCUT2D eigenvalue weighted by Crippen LogP contribution is -2.50. The number of likely N-dealkylation sites (N-methyl/N-ethyl adjacent to an activating group) is 1. The van der Waals surface area contributed by atoms with Crippen molar-refractivity contribution in [3.8, 4) is 5.75 Å². The van der Waals surface area contributed by atoms with Crippen molar-refractivity contribution in [1.29, 1.82) is 0 Å². The highest BCUT2D eigenvalue weighted by Crippen LogP contribution is 2.36. The second kappa shape index (κ2) is 8.71. The molecular formula is C22H27F2N5O3S. The van der Waals surface area contributed by atoms with E-state index >= 15 is 0 Å². The number of nitrogens with two attached hydrogens (primary N) is 1. The molecule has 1 amide bonds. The zero-order valence-electron chi connectivity index (χ0n) is 18.9. The molecule has 2 aromatic rings. The van der Waals surface area contributed by atoms with E-state index < -0.39 is 38.6 Å². The Bertz CT molecular complexity index is 1200. The third-order valence-electron chi connectivity index (χ3n) is 5.81. The van der Waals surface area contributed by atoms with Gasteiger partial charge in [0.25, 0.3) is 5.91 Å². The lowest BCUT2D eigenvalue weighted by Gasteiger charge is -2.33. The molecule has 1 aromatic carbocycles. The number of ether oxygens (including phenoxy) is 1. The average Bonchev–Trinajstić information content (AvgIpc) is 2.79. The fourth-order valence-electron chi connectivity index (χ4n) is 3.55. The number of hydrogen-bond donors (Lipinski definition) is 2. The number of aromatic nitrogens is 1. The minimum Gasteiger partial charge on any atom is -0.461 e. The molecule has 8 nitrogen and oxygen atoms in total. The van der Waals surface area contributed by atoms with Gasteiger partial charge in [0.15, 0.2) is 0 Å². The number of carbonyl (C=O) groups is 1. The normalized spacial score (nSPS) is 25.1. The Balaban J connectivity index is 1.95. The monoisotopic (exact) mass is 479 g/mol. The van der Waals surface area contributed by atoms with Gasteiger partial charge in [-0.25, -0.2) is 18.1 Å². The SMILES string of the molecule is C=S1(=O)N(C)C[C@@](C)(c2cc(NC(=O)c3ccc(OCF)cn3)ccc2F)N=C(N)C1(C)C. The molecule has 0 saturated carbocycles. The largest absolute Gasteiger partial charge is 0.461 e. The Labute approximate surface area is 192 Å². The summed E-state index contributed by atoms with van der Waals surface area (Å²) < 4.78 is 45.7. The number of nitrogens with one attached hydrogen (secondary N) is 1. The van der Waals surface area contributed by atoms with E-state index in [0.717, 1.165) is 0 Å². The fraction of sp³-hybridized carbons (Fsp3) is 0.364. The molecule has 2 heterocycles. The van der Waals surface area contributed by atoms with E-state index in [0.29, 0.717) is 5.69 Å². The lowest BCUT2D eigenvalue weighted by atomic mass is 9.91. The number of halogens is 2. The van der Waals surface area contributed by atoms with Gasteiger partial charge in [0, 0.05) is 27.5 Å². The molecule has 0 radical (unpaired) electrons. The molecule has 0 aliphatic carbocycles. The van der Waals surface area contributed by atoms with Crippen molar-refractivity contribution in [2.45, 2.75) is 31.1 Å². The third-order valence-corrected chi connectivity index (χ3v) is 8.75. The molecule has 178 valence electrons. The van der Waals surface area contributed by atoms with Crippen LogP contribution in [-0.2, 0) is 15.2 Å². The molecule has 11 heteroatoms. The van der Waals surface area contributed by atoms with Gasteiger partial charge in [-0.05, 0) is 64.0 Å². The molecule has 0 saturated heterocycles. The van der Waals surface area contributed by atoms with E-state index in [1.165, 1.54) is 36.5 Å². The maximum atomic E-state index is 15.0. The molecule has 3 rings (SSSR count). The number of alkyl halides is 1. The second-order valence-electron chi connectivity index (χ2n) is 8.49. The highest BCUT2D eigenvalue weighted by molar-refractivity contribution is 8.00. The van der Waals surface area contributed by atoms with Crippen LogP contribution >= 0.6 is 0 Å². The number of nitrogens with zero attached hydrogens (tertiary/aromatic N) is 3. The maximum absolute atomic E-state index is 15.0. The number of anilines is 1. The Morgan fingerprint density at radius 3 is 2.64 bits per heavy atom. The summed E-state index contributed by atoms with van der Waals surface area (Å²) >= 11 is 0. The first kappa shape index (κ1) is 24.6. The van der Waals surface area contributed by atoms with Gasteiger partial charge in [-0.3, -0.25) is 14.0 Å². The van der Waals surface area contributed by atoms with E-state index in [1.54, 1.807) is 32.1 Å². The first-order valence-corrected chi connectivity index (χ1v) is 11.7. The van der Waals surface area contributed by atoms with Gasteiger partial charge in [0.05, 0.1) is 6.20 Å². The van der Waals surface area contributed by atoms with Gasteiger partial charge in [-0.15, -0.1) is 0 Å². The minimum atomic E-state index is -2.85. The number of aliphatic imine (C=N–C) groups is 1. The second-order valence-corrected chi connectivity index (χ2v) is 11.4. The van der Waals surface area contributed by atoms with Crippen LogP contribution in [0.25, 0.3) is 0 Å². The van der Waals surface area contributed by atoms with Gasteiger partial charge in [-0.2, -0.15) is 0 Å². The van der Waals surface area contributed by atoms with Crippen LogP contribution in [0, 0.1) is 5.82 Å². The summed E-state index contributed by atoms with van der Waals surface area (Å²) in [5, 5.41) is 2.66. The van der Waals surface area contributed by atoms with Gasteiger partial charge >= 0.3 is 0 Å². The molecule has 1 aromatic heterocycles. The first-order valence-electron chi connectivity index (χ1n) is 10.0. The summed E-state index contributed by atoms with van der Waals surface area (Å²) in [6.45, 7) is 4.14. The summed E-state index contributed by atoms with van der Waals surface area (Å²) in [7, 11) is -1.21. The van der Waals surface area contributed by atoms with Crippen molar-refractivity contribution >= 4 is 33.0 Å². The number of hydrogen-bond acceptors (Lipinski definition) is 6. The van der Waals surface area contributed by atoms with Crippen LogP contribution in [0.1, 0.15) is 36.8 Å². The molecule has 0 bridgehead atoms. The van der Waals surface area contributed by atoms with E-state index in [1.807, 2.05) is 0 Å². The van der Waals surface area contributed by atoms with E-state index in [-0.39, 0.29) is 29.4 Å². The van der Waals surface area contributed by atoms with Crippen LogP contribution in [0.2, 0.25) is 0 Å². The number of amidine groups is 1. The van der Waals surface area contributed by atoms with Crippen molar-refractivity contribution in [3.05, 3.63) is 53.6 Å². The van der Waals surface area contributed by atoms with Gasteiger partial charge in [0.1, 0.15) is 33.4 Å². The first-order chi connectivity index (χ1) is 15.3. The predicted molar refractivity (Wildman–Crippen MR) is 126 cm³/mol. The zero-order valence-corrected chi connectivity index (χ0v) is 19.7. The van der Waals surface area contributed by atoms with Crippen molar-refractivity contribution in [2.75, 3.05) is 25.8 Å². The third kappa shape index (κ3) is 4.55. The van der Waals surface area contributed by atoms with Crippen LogP contribution < -0.4 is 15.8 Å². The van der Waals surface area contributed by atoms with Gasteiger partial charge in [-0.1, -0.05) is 0 Å². The summed E-state index contributed by atoms with van der Waals surface area (Å²) in [5.74, 6) is 3.05. The highest BCUT2D eigenvalue weighted by atomic mass is 32.2. The van der Waals surface area contributed by atoms with Crippen LogP contribution in [0.3, 0.4) is 0 Å². The Morgan fingerprint density at radius 2 is 2.03 bits per heavy atom. The van der Waals surface area contributed by atoms with Crippen molar-refractivity contribution in [1.82, 2.24) is 9.29 Å². The molecule has 1 unspecified atom stereocenters. The topological polar surface area (TPSA) is 110 Å². The summed E-state index contributed by atoms with van der Waals surface area (Å²) in [4.78, 5) is 21.1. The molecule has 3 N–H and O–H groups in total. The van der Waals surface area contributed by atoms with Crippen molar-refractivity contribution in [3.63, 3.8) is 0 Å². The smallest absolute Gasteiger partial charge is 0.274 e. The van der Waals surface area contributed by atoms with E-state index in [9.17, 15) is 17.8 Å². The standard InChI is InChI=1S/C22H27F2N5O3S/c1-21(2)20(25)28-22(3,12-29(4)33(21,5)31)16-10-14(6-8-17(16)24)27-19(30)18-9-7-15(11-26-18)32-13-23/h6-11H,5,12-13H2,1-4H3,(H2,25,28)(H,27,30)/t22-,33?/m0/s1. The number of amides is 1. The zero-order chi connectivity index (χ0) is 24.6. The Morgan fingerprint density at radius 1 is 1.33 bits per heavy atom. The Kier molecular flexibility index (Phi) is 6.49. The molecule has 1 aliphatic heterocycles. The van der Waals surface area contributed by atoms with Crippen LogP contribution in [0.5, 0.6) is 5.75 Å². The number of pyridine rings is 1. The van der Waals surface area contributed by atoms with Crippen LogP contribution in [-0.4, -0.2) is 56.3 Å². The maximum Gasteiger partial charge on any atom is 0.274 e. The van der Waals surface area contributed by atoms with Crippen molar-refractivity contribution < 1.29 is 22.5 Å². The van der Waals surface area contributed by atoms with Crippen LogP contribution in [0.4, 0.5) is 14.5 Å². The molecule has 1 aliphatic rings. The van der Waals surface area contributed by atoms with Gasteiger partial charge < -0.3 is 15.8 Å². The summed E-state index contributed by atoms with van der Waals surface area (Å²) in [6, 6.07) is 6.87. The Hall–Kier alpha value is -3.05. The summed E-state index contributed by atoms with van der Waals surface area (Å²) in [5.41, 5.74) is 5.56. The van der Waals surface area contributed by atoms with E-state index in [2.05, 4.69) is 25.9 Å². The number of rotatable bonds is 5. The molecule has 33 heavy (non-hydrogen) atoms. The average molecular weight is 480 g/mol. The molecule has 2 atom stereocenters. The fourth-order valence-corrected chi connectivity index (χ4v) is 5.16. The molecular weight excluding hydrogens is 452 g/mol. The van der Waals surface area contributed by atoms with Gasteiger partial charge in [0.2, 0.25) is 6.86 Å². The van der Waals surface area contributed by atoms with Crippen molar-refractivity contribution in [2.24, 2.45) is 10.7 Å². The summed E-state index contributed by atoms with van der Waals surface area (Å²) in [6.07, 6.45) is 1.22. The van der Waals surface area contributed by atoms with Crippen LogP contribution in [0.15, 0.2) is 41.5 Å². The molecule has 0 fully saturated rings. The predicted octanol–water partition coefficient (Wildman–Crippen LogP) is 2.71. The highest BCUT2D eigenvalue weighted by Gasteiger charge is 2.44. The van der Waals surface area contributed by atoms with E-state index in [4.69, 9.17) is 5.73 Å².